The van der Waals surface area contributed by atoms with Crippen LogP contribution in [0.1, 0.15) is 42.4 Å². The van der Waals surface area contributed by atoms with Crippen molar-refractivity contribution in [1.29, 1.82) is 0 Å². The van der Waals surface area contributed by atoms with E-state index in [1.165, 1.54) is 5.56 Å². The van der Waals surface area contributed by atoms with Gasteiger partial charge in [-0.3, -0.25) is 5.32 Å². The van der Waals surface area contributed by atoms with Gasteiger partial charge in [-0.2, -0.15) is 0 Å². The number of hydrogen-bond acceptors (Lipinski definition) is 5. The molecule has 0 radical (unpaired) electrons. The van der Waals surface area contributed by atoms with E-state index in [0.29, 0.717) is 6.04 Å². The molecule has 4 nitrogen and oxygen atoms in total. The van der Waals surface area contributed by atoms with E-state index >= 15 is 0 Å². The van der Waals surface area contributed by atoms with Crippen LogP contribution < -0.4 is 10.6 Å². The molecule has 4 unspecified atom stereocenters. The van der Waals surface area contributed by atoms with Crippen molar-refractivity contribution in [2.24, 2.45) is 0 Å². The van der Waals surface area contributed by atoms with Gasteiger partial charge < -0.3 is 15.2 Å². The highest BCUT2D eigenvalue weighted by Crippen LogP contribution is 2.45. The Bertz CT molecular complexity index is 1030. The van der Waals surface area contributed by atoms with Crippen LogP contribution in [0.5, 0.6) is 0 Å². The van der Waals surface area contributed by atoms with Gasteiger partial charge in [0.05, 0.1) is 5.69 Å². The zero-order chi connectivity index (χ0) is 20.5. The van der Waals surface area contributed by atoms with Crippen LogP contribution in [0.25, 0.3) is 0 Å². The molecule has 0 spiro atoms. The van der Waals surface area contributed by atoms with Crippen LogP contribution in [0, 0.1) is 0 Å². The Morgan fingerprint density at radius 2 is 1.83 bits per heavy atom. The highest BCUT2D eigenvalue weighted by molar-refractivity contribution is 7.99. The van der Waals surface area contributed by atoms with Crippen LogP contribution in [0.15, 0.2) is 82.6 Å². The van der Waals surface area contributed by atoms with E-state index in [-0.39, 0.29) is 12.3 Å². The van der Waals surface area contributed by atoms with Gasteiger partial charge in [0, 0.05) is 21.4 Å². The number of epoxide rings is 1. The first-order valence-corrected chi connectivity index (χ1v) is 11.3. The molecule has 4 atom stereocenters. The van der Waals surface area contributed by atoms with E-state index < -0.39 is 6.23 Å². The third-order valence-electron chi connectivity index (χ3n) is 5.77. The molecule has 3 N–H and O–H groups in total. The van der Waals surface area contributed by atoms with Gasteiger partial charge in [0.15, 0.2) is 6.23 Å². The smallest absolute Gasteiger partial charge is 0.151 e. The van der Waals surface area contributed by atoms with Crippen molar-refractivity contribution in [3.63, 3.8) is 0 Å². The summed E-state index contributed by atoms with van der Waals surface area (Å²) in [4.78, 5) is 2.20. The van der Waals surface area contributed by atoms with Gasteiger partial charge >= 0.3 is 0 Å². The molecule has 3 aromatic carbocycles. The Balaban J connectivity index is 1.27. The molecule has 1 fully saturated rings. The van der Waals surface area contributed by atoms with Gasteiger partial charge in [-0.05, 0) is 42.2 Å². The number of ether oxygens (including phenoxy) is 1. The Labute approximate surface area is 181 Å². The third kappa shape index (κ3) is 4.12. The predicted molar refractivity (Wildman–Crippen MR) is 121 cm³/mol. The number of benzene rings is 3. The first kappa shape index (κ1) is 19.6. The van der Waals surface area contributed by atoms with Crippen molar-refractivity contribution < 1.29 is 9.84 Å². The average Bonchev–Trinajstić information content (AvgIpc) is 3.56. The van der Waals surface area contributed by atoms with Gasteiger partial charge in [0.2, 0.25) is 0 Å². The second-order valence-electron chi connectivity index (χ2n) is 7.88. The lowest BCUT2D eigenvalue weighted by Gasteiger charge is -2.16. The summed E-state index contributed by atoms with van der Waals surface area (Å²) in [5.74, 6) is 0. The van der Waals surface area contributed by atoms with Gasteiger partial charge in [0.25, 0.3) is 0 Å². The topological polar surface area (TPSA) is 56.8 Å². The molecule has 0 amide bonds. The number of fused-ring (bicyclic) bond motifs is 2. The third-order valence-corrected chi connectivity index (χ3v) is 6.93. The Hall–Kier alpha value is -2.31. The molecule has 1 saturated heterocycles. The summed E-state index contributed by atoms with van der Waals surface area (Å²) >= 11 is 1.69. The highest BCUT2D eigenvalue weighted by atomic mass is 32.2. The molecule has 2 heterocycles. The molecule has 154 valence electrons. The lowest BCUT2D eigenvalue weighted by atomic mass is 10.0. The van der Waals surface area contributed by atoms with E-state index in [1.807, 2.05) is 18.2 Å². The maximum atomic E-state index is 10.6. The zero-order valence-corrected chi connectivity index (χ0v) is 17.7. The van der Waals surface area contributed by atoms with Crippen LogP contribution >= 0.6 is 11.8 Å². The lowest BCUT2D eigenvalue weighted by Crippen LogP contribution is -2.33. The van der Waals surface area contributed by atoms with Gasteiger partial charge in [-0.15, -0.1) is 0 Å². The first-order chi connectivity index (χ1) is 14.7. The Kier molecular flexibility index (Phi) is 5.52. The maximum Gasteiger partial charge on any atom is 0.151 e. The fourth-order valence-electron chi connectivity index (χ4n) is 4.01. The number of aliphatic hydroxyl groups is 1. The molecule has 0 bridgehead atoms. The number of rotatable bonds is 6. The van der Waals surface area contributed by atoms with Crippen LogP contribution in [0.4, 0.5) is 5.69 Å². The predicted octanol–water partition coefficient (Wildman–Crippen LogP) is 5.26. The average molecular weight is 419 g/mol. The van der Waals surface area contributed by atoms with Gasteiger partial charge in [-0.25, -0.2) is 0 Å². The van der Waals surface area contributed by atoms with E-state index in [1.54, 1.807) is 11.8 Å². The van der Waals surface area contributed by atoms with Crippen LogP contribution in [0.2, 0.25) is 0 Å². The number of anilines is 1. The minimum atomic E-state index is -0.713. The lowest BCUT2D eigenvalue weighted by molar-refractivity contribution is 0.205. The summed E-state index contributed by atoms with van der Waals surface area (Å²) in [6.07, 6.45) is 1.42. The van der Waals surface area contributed by atoms with Crippen LogP contribution in [0.3, 0.4) is 0 Å². The summed E-state index contributed by atoms with van der Waals surface area (Å²) in [6, 6.07) is 25.3. The van der Waals surface area contributed by atoms with Gasteiger partial charge in [0.1, 0.15) is 12.3 Å². The summed E-state index contributed by atoms with van der Waals surface area (Å²) in [6.45, 7) is 2.21. The monoisotopic (exact) mass is 418 g/mol. The van der Waals surface area contributed by atoms with E-state index in [4.69, 9.17) is 4.74 Å². The van der Waals surface area contributed by atoms with E-state index in [2.05, 4.69) is 72.2 Å². The first-order valence-electron chi connectivity index (χ1n) is 10.5. The minimum Gasteiger partial charge on any atom is -0.369 e. The normalized spacial score (nSPS) is 22.9. The molecule has 0 aromatic heterocycles. The van der Waals surface area contributed by atoms with Crippen molar-refractivity contribution in [3.05, 3.63) is 89.5 Å². The maximum absolute atomic E-state index is 10.6. The zero-order valence-electron chi connectivity index (χ0n) is 16.9. The van der Waals surface area contributed by atoms with Crippen molar-refractivity contribution in [3.8, 4) is 0 Å². The Morgan fingerprint density at radius 1 is 1.03 bits per heavy atom. The second kappa shape index (κ2) is 8.44. The number of nitrogens with one attached hydrogen (secondary N) is 2. The van der Waals surface area contributed by atoms with E-state index in [9.17, 15) is 5.11 Å². The van der Waals surface area contributed by atoms with Crippen molar-refractivity contribution in [1.82, 2.24) is 5.32 Å². The van der Waals surface area contributed by atoms with Crippen LogP contribution in [-0.4, -0.2) is 17.4 Å². The quantitative estimate of drug-likeness (QED) is 0.477. The summed E-state index contributed by atoms with van der Waals surface area (Å²) in [5.41, 5.74) is 4.34. The summed E-state index contributed by atoms with van der Waals surface area (Å²) in [5, 5.41) is 17.5. The summed E-state index contributed by atoms with van der Waals surface area (Å²) in [7, 11) is 0. The molecular formula is C25H26N2O2S. The highest BCUT2D eigenvalue weighted by Gasteiger charge is 2.41. The molecule has 3 aromatic rings. The van der Waals surface area contributed by atoms with E-state index in [0.717, 1.165) is 39.4 Å². The standard InChI is InChI=1S/C25H26N2O2S/c1-2-18(14-16-8-4-3-5-9-16)26-25-23(29-25)17-12-13-22-20(15-17)27-24(28)19-10-6-7-11-21(19)30-22/h3-13,15,18,23-28H,2,14H2,1H3. The largest absolute Gasteiger partial charge is 0.369 e. The molecule has 2 aliphatic rings. The number of aliphatic hydroxyl groups excluding tert-OH is 1. The Morgan fingerprint density at radius 3 is 2.67 bits per heavy atom. The van der Waals surface area contributed by atoms with Crippen molar-refractivity contribution in [2.75, 3.05) is 5.32 Å². The fraction of sp³-hybridized carbons (Fsp3) is 0.280. The second-order valence-corrected chi connectivity index (χ2v) is 8.96. The van der Waals surface area contributed by atoms with Crippen molar-refractivity contribution >= 4 is 17.4 Å². The molecule has 5 heteroatoms. The molecule has 2 aliphatic heterocycles. The summed E-state index contributed by atoms with van der Waals surface area (Å²) < 4.78 is 5.98. The molecule has 0 saturated carbocycles. The molecule has 0 aliphatic carbocycles. The van der Waals surface area contributed by atoms with Crippen molar-refractivity contribution in [2.45, 2.75) is 54.2 Å². The van der Waals surface area contributed by atoms with Gasteiger partial charge in [-0.1, -0.05) is 73.3 Å². The molecule has 30 heavy (non-hydrogen) atoms. The fourth-order valence-corrected chi connectivity index (χ4v) is 5.06. The number of hydrogen-bond donors (Lipinski definition) is 3. The SMILES string of the molecule is CCC(Cc1ccccc1)NC1OC1c1ccc2c(c1)NC(O)c1ccccc1S2. The van der Waals surface area contributed by atoms with Crippen LogP contribution in [-0.2, 0) is 11.2 Å². The minimum absolute atomic E-state index is 0.0391. The molecular weight excluding hydrogens is 392 g/mol. The molecule has 5 rings (SSSR count).